The van der Waals surface area contributed by atoms with Gasteiger partial charge in [0.15, 0.2) is 0 Å². The normalized spacial score (nSPS) is 35.1. The fourth-order valence-electron chi connectivity index (χ4n) is 3.40. The Labute approximate surface area is 111 Å². The van der Waals surface area contributed by atoms with Gasteiger partial charge in [0.25, 0.3) is 0 Å². The van der Waals surface area contributed by atoms with E-state index in [4.69, 9.17) is 4.74 Å². The maximum atomic E-state index is 9.37. The van der Waals surface area contributed by atoms with Crippen molar-refractivity contribution in [3.8, 4) is 6.07 Å². The standard InChI is InChI=1S/C15H26N2O/c1-15(2,3)13-5-4-12(11-16)14(10-13)17-6-8-18-9-7-17/h12-14H,4-10H2,1-3H3. The van der Waals surface area contributed by atoms with Crippen LogP contribution in [0.1, 0.15) is 40.0 Å². The fraction of sp³-hybridized carbons (Fsp3) is 0.933. The van der Waals surface area contributed by atoms with Gasteiger partial charge in [-0.2, -0.15) is 5.26 Å². The van der Waals surface area contributed by atoms with Crippen molar-refractivity contribution in [1.82, 2.24) is 4.90 Å². The number of nitrogens with zero attached hydrogens (tertiary/aromatic N) is 2. The molecule has 2 rings (SSSR count). The van der Waals surface area contributed by atoms with Crippen LogP contribution in [-0.2, 0) is 4.74 Å². The van der Waals surface area contributed by atoms with Crippen molar-refractivity contribution >= 4 is 0 Å². The van der Waals surface area contributed by atoms with E-state index >= 15 is 0 Å². The van der Waals surface area contributed by atoms with Gasteiger partial charge in [0, 0.05) is 19.1 Å². The van der Waals surface area contributed by atoms with E-state index in [1.807, 2.05) is 0 Å². The lowest BCUT2D eigenvalue weighted by molar-refractivity contribution is -0.0164. The summed E-state index contributed by atoms with van der Waals surface area (Å²) in [6, 6.07) is 3.00. The zero-order valence-electron chi connectivity index (χ0n) is 12.0. The Bertz CT molecular complexity index is 309. The molecule has 1 saturated heterocycles. The lowest BCUT2D eigenvalue weighted by Gasteiger charge is -2.45. The smallest absolute Gasteiger partial charge is 0.0672 e. The summed E-state index contributed by atoms with van der Waals surface area (Å²) in [4.78, 5) is 2.50. The topological polar surface area (TPSA) is 36.3 Å². The molecule has 0 N–H and O–H groups in total. The molecule has 2 aliphatic rings. The van der Waals surface area contributed by atoms with Crippen molar-refractivity contribution in [2.24, 2.45) is 17.3 Å². The van der Waals surface area contributed by atoms with Gasteiger partial charge in [0.05, 0.1) is 25.2 Å². The van der Waals surface area contributed by atoms with Gasteiger partial charge in [-0.15, -0.1) is 0 Å². The summed E-state index contributed by atoms with van der Waals surface area (Å²) < 4.78 is 5.43. The molecule has 102 valence electrons. The molecule has 1 aliphatic carbocycles. The fourth-order valence-corrected chi connectivity index (χ4v) is 3.40. The molecule has 2 fully saturated rings. The summed E-state index contributed by atoms with van der Waals surface area (Å²) >= 11 is 0. The summed E-state index contributed by atoms with van der Waals surface area (Å²) in [5.74, 6) is 0.969. The maximum absolute atomic E-state index is 9.37. The lowest BCUT2D eigenvalue weighted by Crippen LogP contribution is -2.50. The Morgan fingerprint density at radius 1 is 1.17 bits per heavy atom. The van der Waals surface area contributed by atoms with Crippen molar-refractivity contribution in [1.29, 1.82) is 5.26 Å². The first-order chi connectivity index (χ1) is 8.52. The van der Waals surface area contributed by atoms with Gasteiger partial charge in [-0.3, -0.25) is 4.90 Å². The Morgan fingerprint density at radius 3 is 2.39 bits per heavy atom. The molecule has 18 heavy (non-hydrogen) atoms. The monoisotopic (exact) mass is 250 g/mol. The maximum Gasteiger partial charge on any atom is 0.0672 e. The van der Waals surface area contributed by atoms with Crippen LogP contribution in [-0.4, -0.2) is 37.2 Å². The predicted octanol–water partition coefficient (Wildman–Crippen LogP) is 2.67. The average Bonchev–Trinajstić information content (AvgIpc) is 2.38. The van der Waals surface area contributed by atoms with Crippen LogP contribution in [0.3, 0.4) is 0 Å². The zero-order chi connectivity index (χ0) is 13.2. The Balaban J connectivity index is 2.05. The van der Waals surface area contributed by atoms with E-state index in [-0.39, 0.29) is 5.92 Å². The van der Waals surface area contributed by atoms with E-state index in [9.17, 15) is 5.26 Å². The highest BCUT2D eigenvalue weighted by Gasteiger charge is 2.38. The largest absolute Gasteiger partial charge is 0.379 e. The van der Waals surface area contributed by atoms with E-state index in [0.29, 0.717) is 11.5 Å². The van der Waals surface area contributed by atoms with Gasteiger partial charge < -0.3 is 4.74 Å². The van der Waals surface area contributed by atoms with E-state index in [1.54, 1.807) is 0 Å². The van der Waals surface area contributed by atoms with Gasteiger partial charge in [-0.05, 0) is 30.6 Å². The van der Waals surface area contributed by atoms with Crippen LogP contribution in [0.4, 0.5) is 0 Å². The molecule has 0 aromatic heterocycles. The zero-order valence-corrected chi connectivity index (χ0v) is 12.0. The van der Waals surface area contributed by atoms with E-state index in [0.717, 1.165) is 38.6 Å². The third-order valence-corrected chi connectivity index (χ3v) is 4.72. The van der Waals surface area contributed by atoms with Gasteiger partial charge in [-0.25, -0.2) is 0 Å². The minimum Gasteiger partial charge on any atom is -0.379 e. The van der Waals surface area contributed by atoms with E-state index < -0.39 is 0 Å². The number of nitriles is 1. The number of hydrogen-bond donors (Lipinski definition) is 0. The molecule has 1 aliphatic heterocycles. The highest BCUT2D eigenvalue weighted by molar-refractivity contribution is 4.99. The number of rotatable bonds is 1. The quantitative estimate of drug-likeness (QED) is 0.718. The molecule has 1 heterocycles. The molecular weight excluding hydrogens is 224 g/mol. The van der Waals surface area contributed by atoms with Crippen LogP contribution in [0.15, 0.2) is 0 Å². The summed E-state index contributed by atoms with van der Waals surface area (Å²) in [6.45, 7) is 10.7. The van der Waals surface area contributed by atoms with Gasteiger partial charge in [0.1, 0.15) is 0 Å². The highest BCUT2D eigenvalue weighted by Crippen LogP contribution is 2.41. The minimum absolute atomic E-state index is 0.224. The third kappa shape index (κ3) is 3.05. The van der Waals surface area contributed by atoms with E-state index in [2.05, 4.69) is 31.7 Å². The molecule has 0 aromatic carbocycles. The summed E-state index contributed by atoms with van der Waals surface area (Å²) in [6.07, 6.45) is 3.46. The molecule has 0 aromatic rings. The second-order valence-corrected chi connectivity index (χ2v) is 6.83. The molecular formula is C15H26N2O. The van der Waals surface area contributed by atoms with Crippen molar-refractivity contribution in [2.45, 2.75) is 46.1 Å². The van der Waals surface area contributed by atoms with Gasteiger partial charge in [-0.1, -0.05) is 20.8 Å². The second-order valence-electron chi connectivity index (χ2n) is 6.83. The van der Waals surface area contributed by atoms with E-state index in [1.165, 1.54) is 12.8 Å². The lowest BCUT2D eigenvalue weighted by atomic mass is 9.68. The molecule has 3 atom stereocenters. The van der Waals surface area contributed by atoms with Crippen molar-refractivity contribution < 1.29 is 4.74 Å². The molecule has 3 unspecified atom stereocenters. The molecule has 0 bridgehead atoms. The SMILES string of the molecule is CC(C)(C)C1CCC(C#N)C(N2CCOCC2)C1. The van der Waals surface area contributed by atoms with Gasteiger partial charge in [0.2, 0.25) is 0 Å². The first kappa shape index (κ1) is 13.8. The Kier molecular flexibility index (Phi) is 4.29. The Morgan fingerprint density at radius 2 is 1.83 bits per heavy atom. The third-order valence-electron chi connectivity index (χ3n) is 4.72. The number of ether oxygens (including phenoxy) is 1. The molecule has 0 spiro atoms. The van der Waals surface area contributed by atoms with Crippen LogP contribution < -0.4 is 0 Å². The Hall–Kier alpha value is -0.590. The molecule has 3 nitrogen and oxygen atoms in total. The second kappa shape index (κ2) is 5.59. The predicted molar refractivity (Wildman–Crippen MR) is 72.1 cm³/mol. The van der Waals surface area contributed by atoms with Crippen LogP contribution >= 0.6 is 0 Å². The molecule has 3 heteroatoms. The minimum atomic E-state index is 0.224. The molecule has 0 amide bonds. The first-order valence-corrected chi connectivity index (χ1v) is 7.24. The number of hydrogen-bond acceptors (Lipinski definition) is 3. The van der Waals surface area contributed by atoms with Crippen molar-refractivity contribution in [2.75, 3.05) is 26.3 Å². The first-order valence-electron chi connectivity index (χ1n) is 7.24. The molecule has 0 radical (unpaired) electrons. The van der Waals surface area contributed by atoms with Crippen LogP contribution in [0.2, 0.25) is 0 Å². The van der Waals surface area contributed by atoms with Crippen molar-refractivity contribution in [3.63, 3.8) is 0 Å². The van der Waals surface area contributed by atoms with Crippen LogP contribution in [0.25, 0.3) is 0 Å². The summed E-state index contributed by atoms with van der Waals surface area (Å²) in [5, 5.41) is 9.37. The average molecular weight is 250 g/mol. The van der Waals surface area contributed by atoms with Gasteiger partial charge >= 0.3 is 0 Å². The van der Waals surface area contributed by atoms with Crippen molar-refractivity contribution in [3.05, 3.63) is 0 Å². The number of morpholine rings is 1. The summed E-state index contributed by atoms with van der Waals surface area (Å²) in [7, 11) is 0. The highest BCUT2D eigenvalue weighted by atomic mass is 16.5. The molecule has 1 saturated carbocycles. The van der Waals surface area contributed by atoms with Crippen LogP contribution in [0, 0.1) is 28.6 Å². The van der Waals surface area contributed by atoms with Crippen LogP contribution in [0.5, 0.6) is 0 Å². The summed E-state index contributed by atoms with van der Waals surface area (Å²) in [5.41, 5.74) is 0.366.